The topological polar surface area (TPSA) is 70.0 Å². The van der Waals surface area contributed by atoms with Gasteiger partial charge in [0.15, 0.2) is 0 Å². The van der Waals surface area contributed by atoms with Crippen molar-refractivity contribution in [1.82, 2.24) is 4.90 Å². The molecular weight excluding hydrogens is 294 g/mol. The number of halogens is 1. The fraction of sp³-hybridized carbons (Fsp3) is 0.400. The summed E-state index contributed by atoms with van der Waals surface area (Å²) in [7, 11) is 0. The van der Waals surface area contributed by atoms with Gasteiger partial charge in [0.2, 0.25) is 0 Å². The molecule has 2 rings (SSSR count). The van der Waals surface area contributed by atoms with Gasteiger partial charge in [0.25, 0.3) is 0 Å². The van der Waals surface area contributed by atoms with Crippen LogP contribution in [0.4, 0.5) is 4.79 Å². The third-order valence-corrected chi connectivity index (χ3v) is 3.52. The molecule has 1 aromatic rings. The molecular formula is C15H16ClNO4. The number of benzene rings is 1. The number of aliphatic hydroxyl groups excluding tert-OH is 1. The Morgan fingerprint density at radius 2 is 2.10 bits per heavy atom. The third kappa shape index (κ3) is 3.48. The number of rotatable bonds is 1. The smallest absolute Gasteiger partial charge is 0.410 e. The van der Waals surface area contributed by atoms with Crippen molar-refractivity contribution in [2.45, 2.75) is 31.7 Å². The van der Waals surface area contributed by atoms with Gasteiger partial charge in [0, 0.05) is 5.02 Å². The maximum atomic E-state index is 11.3. The van der Waals surface area contributed by atoms with Gasteiger partial charge in [-0.25, -0.2) is 4.79 Å². The molecule has 5 nitrogen and oxygen atoms in total. The Balaban J connectivity index is 2.15. The minimum atomic E-state index is -1.10. The summed E-state index contributed by atoms with van der Waals surface area (Å²) in [5.41, 5.74) is -0.317. The van der Waals surface area contributed by atoms with Crippen molar-refractivity contribution in [1.29, 1.82) is 0 Å². The Morgan fingerprint density at radius 1 is 1.48 bits per heavy atom. The summed E-state index contributed by atoms with van der Waals surface area (Å²) in [4.78, 5) is 12.4. The van der Waals surface area contributed by atoms with E-state index < -0.39 is 24.0 Å². The van der Waals surface area contributed by atoms with Crippen LogP contribution < -0.4 is 0 Å². The van der Waals surface area contributed by atoms with Crippen molar-refractivity contribution in [2.75, 3.05) is 6.61 Å². The normalized spacial score (nSPS) is 21.5. The zero-order chi connectivity index (χ0) is 15.6. The van der Waals surface area contributed by atoms with Gasteiger partial charge in [-0.2, -0.15) is 0 Å². The number of hydrogen-bond acceptors (Lipinski definition) is 3. The van der Waals surface area contributed by atoms with E-state index in [1.165, 1.54) is 0 Å². The van der Waals surface area contributed by atoms with Crippen molar-refractivity contribution >= 4 is 17.7 Å². The van der Waals surface area contributed by atoms with Crippen molar-refractivity contribution < 1.29 is 19.7 Å². The Hall–Kier alpha value is -1.74. The minimum Gasteiger partial charge on any atom is -0.465 e. The Bertz CT molecular complexity index is 588. The van der Waals surface area contributed by atoms with Crippen LogP contribution in [0.2, 0.25) is 5.02 Å². The van der Waals surface area contributed by atoms with E-state index in [2.05, 4.69) is 11.8 Å². The molecule has 1 fully saturated rings. The standard InChI is InChI=1S/C15H16ClNO4/c1-15(2)17(14(19)20)12(9-21-15)7-8-13(18)10-3-5-11(16)6-4-10/h3-6,12-13,18H,9H2,1-2H3,(H,19,20)/t12-,13?/m0/s1. The first kappa shape index (κ1) is 15.6. The fourth-order valence-electron chi connectivity index (χ4n) is 2.18. The van der Waals surface area contributed by atoms with Crippen LogP contribution in [0.25, 0.3) is 0 Å². The maximum Gasteiger partial charge on any atom is 0.410 e. The van der Waals surface area contributed by atoms with Crippen molar-refractivity contribution in [3.63, 3.8) is 0 Å². The van der Waals surface area contributed by atoms with E-state index in [1.807, 2.05) is 0 Å². The number of carbonyl (C=O) groups is 1. The zero-order valence-electron chi connectivity index (χ0n) is 11.7. The second kappa shape index (κ2) is 5.94. The number of aliphatic hydroxyl groups is 1. The molecule has 1 amide bonds. The van der Waals surface area contributed by atoms with Gasteiger partial charge in [-0.15, -0.1) is 0 Å². The second-order valence-corrected chi connectivity index (χ2v) is 5.61. The second-order valence-electron chi connectivity index (χ2n) is 5.17. The van der Waals surface area contributed by atoms with E-state index in [9.17, 15) is 15.0 Å². The molecule has 0 saturated carbocycles. The highest BCUT2D eigenvalue weighted by Crippen LogP contribution is 2.27. The molecule has 2 N–H and O–H groups in total. The predicted molar refractivity (Wildman–Crippen MR) is 77.9 cm³/mol. The molecule has 0 bridgehead atoms. The summed E-state index contributed by atoms with van der Waals surface area (Å²) >= 11 is 5.78. The van der Waals surface area contributed by atoms with Crippen molar-refractivity contribution in [3.05, 3.63) is 34.9 Å². The van der Waals surface area contributed by atoms with Crippen LogP contribution in [0.15, 0.2) is 24.3 Å². The summed E-state index contributed by atoms with van der Waals surface area (Å²) in [6, 6.07) is 6.07. The minimum absolute atomic E-state index is 0.180. The number of carboxylic acid groups (broad SMARTS) is 1. The molecule has 1 aliphatic rings. The number of nitrogens with zero attached hydrogens (tertiary/aromatic N) is 1. The van der Waals surface area contributed by atoms with E-state index in [0.29, 0.717) is 10.6 Å². The van der Waals surface area contributed by atoms with Crippen LogP contribution in [0.1, 0.15) is 25.5 Å². The molecule has 6 heteroatoms. The molecule has 2 atom stereocenters. The zero-order valence-corrected chi connectivity index (χ0v) is 12.5. The number of ether oxygens (including phenoxy) is 1. The van der Waals surface area contributed by atoms with Crippen LogP contribution in [-0.2, 0) is 4.74 Å². The lowest BCUT2D eigenvalue weighted by Gasteiger charge is -2.28. The summed E-state index contributed by atoms with van der Waals surface area (Å²) in [6.45, 7) is 3.51. The lowest BCUT2D eigenvalue weighted by molar-refractivity contribution is -0.0407. The van der Waals surface area contributed by atoms with Crippen LogP contribution in [0.3, 0.4) is 0 Å². The molecule has 0 radical (unpaired) electrons. The van der Waals surface area contributed by atoms with Gasteiger partial charge in [-0.05, 0) is 31.5 Å². The molecule has 1 aromatic carbocycles. The van der Waals surface area contributed by atoms with E-state index in [4.69, 9.17) is 16.3 Å². The van der Waals surface area contributed by atoms with Gasteiger partial charge in [0.1, 0.15) is 17.9 Å². The summed E-state index contributed by atoms with van der Waals surface area (Å²) in [5.74, 6) is 5.43. The Labute approximate surface area is 128 Å². The number of amides is 1. The molecule has 1 aliphatic heterocycles. The van der Waals surface area contributed by atoms with Crippen LogP contribution in [-0.4, -0.2) is 39.6 Å². The highest BCUT2D eigenvalue weighted by Gasteiger charge is 2.43. The van der Waals surface area contributed by atoms with Gasteiger partial charge >= 0.3 is 6.09 Å². The molecule has 112 valence electrons. The average Bonchev–Trinajstić information content (AvgIpc) is 2.72. The summed E-state index contributed by atoms with van der Waals surface area (Å²) in [6.07, 6.45) is -2.10. The highest BCUT2D eigenvalue weighted by atomic mass is 35.5. The Morgan fingerprint density at radius 3 is 2.67 bits per heavy atom. The van der Waals surface area contributed by atoms with Crippen LogP contribution in [0, 0.1) is 11.8 Å². The largest absolute Gasteiger partial charge is 0.465 e. The average molecular weight is 310 g/mol. The summed E-state index contributed by atoms with van der Waals surface area (Å²) < 4.78 is 5.42. The van der Waals surface area contributed by atoms with Crippen molar-refractivity contribution in [3.8, 4) is 11.8 Å². The van der Waals surface area contributed by atoms with E-state index >= 15 is 0 Å². The molecule has 1 unspecified atom stereocenters. The van der Waals surface area contributed by atoms with Gasteiger partial charge in [0.05, 0.1) is 6.61 Å². The fourth-order valence-corrected chi connectivity index (χ4v) is 2.30. The first-order chi connectivity index (χ1) is 9.81. The molecule has 21 heavy (non-hydrogen) atoms. The predicted octanol–water partition coefficient (Wildman–Crippen LogP) is 2.49. The SMILES string of the molecule is CC1(C)OC[C@H](C#CC(O)c2ccc(Cl)cc2)N1C(=O)O. The molecule has 1 saturated heterocycles. The first-order valence-corrected chi connectivity index (χ1v) is 6.80. The van der Waals surface area contributed by atoms with E-state index in [0.717, 1.165) is 4.90 Å². The van der Waals surface area contributed by atoms with Crippen LogP contribution in [0.5, 0.6) is 0 Å². The lowest BCUT2D eigenvalue weighted by atomic mass is 10.1. The monoisotopic (exact) mass is 309 g/mol. The quantitative estimate of drug-likeness (QED) is 0.782. The molecule has 0 spiro atoms. The lowest BCUT2D eigenvalue weighted by Crippen LogP contribution is -2.46. The first-order valence-electron chi connectivity index (χ1n) is 6.42. The number of hydrogen-bond donors (Lipinski definition) is 2. The van der Waals surface area contributed by atoms with Gasteiger partial charge in [-0.1, -0.05) is 35.6 Å². The molecule has 1 heterocycles. The Kier molecular flexibility index (Phi) is 4.43. The summed E-state index contributed by atoms with van der Waals surface area (Å²) in [5, 5.41) is 19.8. The molecule has 0 aliphatic carbocycles. The van der Waals surface area contributed by atoms with Gasteiger partial charge in [-0.3, -0.25) is 4.90 Å². The molecule has 0 aromatic heterocycles. The highest BCUT2D eigenvalue weighted by molar-refractivity contribution is 6.30. The van der Waals surface area contributed by atoms with Crippen LogP contribution >= 0.6 is 11.6 Å². The maximum absolute atomic E-state index is 11.3. The van der Waals surface area contributed by atoms with Gasteiger partial charge < -0.3 is 14.9 Å². The van der Waals surface area contributed by atoms with E-state index in [1.54, 1.807) is 38.1 Å². The van der Waals surface area contributed by atoms with E-state index in [-0.39, 0.29) is 6.61 Å². The third-order valence-electron chi connectivity index (χ3n) is 3.26. The van der Waals surface area contributed by atoms with Crippen molar-refractivity contribution in [2.24, 2.45) is 0 Å².